The van der Waals surface area contributed by atoms with Gasteiger partial charge in [0.1, 0.15) is 12.2 Å². The molecule has 3 fully saturated rings. The van der Waals surface area contributed by atoms with E-state index in [9.17, 15) is 24.5 Å². The lowest BCUT2D eigenvalue weighted by Crippen LogP contribution is -2.44. The number of thioether (sulfide) groups is 1. The van der Waals surface area contributed by atoms with Crippen LogP contribution in [0.15, 0.2) is 23.1 Å². The van der Waals surface area contributed by atoms with Gasteiger partial charge in [0.25, 0.3) is 16.8 Å². The number of ether oxygens (including phenoxy) is 1. The van der Waals surface area contributed by atoms with Crippen molar-refractivity contribution in [3.63, 3.8) is 0 Å². The lowest BCUT2D eigenvalue weighted by atomic mass is 10.1. The van der Waals surface area contributed by atoms with Crippen LogP contribution in [0.5, 0.6) is 0 Å². The number of likely N-dealkylation sites (tertiary alicyclic amines) is 1. The predicted molar refractivity (Wildman–Crippen MR) is 119 cm³/mol. The Morgan fingerprint density at radius 2 is 1.84 bits per heavy atom. The highest BCUT2D eigenvalue weighted by atomic mass is 32.2. The highest BCUT2D eigenvalue weighted by molar-refractivity contribution is 8.18. The summed E-state index contributed by atoms with van der Waals surface area (Å²) in [4.78, 5) is 53.5. The smallest absolute Gasteiger partial charge is 0.294 e. The minimum Gasteiger partial charge on any atom is -0.378 e. The molecule has 0 spiro atoms. The van der Waals surface area contributed by atoms with Crippen LogP contribution in [0.25, 0.3) is 6.08 Å². The van der Waals surface area contributed by atoms with E-state index in [0.29, 0.717) is 50.6 Å². The van der Waals surface area contributed by atoms with Crippen molar-refractivity contribution in [2.24, 2.45) is 0 Å². The molecule has 10 nitrogen and oxygen atoms in total. The molecule has 1 aromatic rings. The number of imide groups is 1. The van der Waals surface area contributed by atoms with E-state index in [4.69, 9.17) is 4.74 Å². The van der Waals surface area contributed by atoms with Crippen LogP contribution in [0.2, 0.25) is 0 Å². The number of nitro groups is 1. The highest BCUT2D eigenvalue weighted by Crippen LogP contribution is 2.35. The lowest BCUT2D eigenvalue weighted by Gasteiger charge is -2.28. The van der Waals surface area contributed by atoms with Gasteiger partial charge in [0.15, 0.2) is 0 Å². The molecule has 1 aromatic carbocycles. The number of hydrogen-bond acceptors (Lipinski definition) is 8. The Labute approximate surface area is 189 Å². The molecule has 11 heteroatoms. The molecule has 32 heavy (non-hydrogen) atoms. The zero-order valence-electron chi connectivity index (χ0n) is 17.5. The van der Waals surface area contributed by atoms with Crippen molar-refractivity contribution in [1.29, 1.82) is 0 Å². The Morgan fingerprint density at radius 3 is 2.53 bits per heavy atom. The number of rotatable bonds is 5. The molecule has 0 unspecified atom stereocenters. The number of amides is 3. The van der Waals surface area contributed by atoms with Gasteiger partial charge < -0.3 is 14.5 Å². The van der Waals surface area contributed by atoms with E-state index in [2.05, 4.69) is 0 Å². The van der Waals surface area contributed by atoms with Crippen molar-refractivity contribution in [2.45, 2.75) is 19.3 Å². The van der Waals surface area contributed by atoms with Gasteiger partial charge in [-0.1, -0.05) is 6.07 Å². The maximum atomic E-state index is 12.8. The number of piperidine rings is 1. The number of benzene rings is 1. The second kappa shape index (κ2) is 9.70. The monoisotopic (exact) mass is 460 g/mol. The van der Waals surface area contributed by atoms with E-state index < -0.39 is 16.1 Å². The summed E-state index contributed by atoms with van der Waals surface area (Å²) < 4.78 is 5.31. The van der Waals surface area contributed by atoms with E-state index in [1.807, 2.05) is 4.90 Å². The summed E-state index contributed by atoms with van der Waals surface area (Å²) in [5, 5.41) is 11.1. The van der Waals surface area contributed by atoms with E-state index in [-0.39, 0.29) is 23.0 Å². The molecule has 3 aliphatic heterocycles. The molecular weight excluding hydrogens is 436 g/mol. The van der Waals surface area contributed by atoms with Gasteiger partial charge in [-0.2, -0.15) is 0 Å². The first-order valence-corrected chi connectivity index (χ1v) is 11.4. The van der Waals surface area contributed by atoms with E-state index in [0.717, 1.165) is 35.9 Å². The topological polar surface area (TPSA) is 113 Å². The Bertz CT molecular complexity index is 969. The summed E-state index contributed by atoms with van der Waals surface area (Å²) >= 11 is 0.743. The fraction of sp³-hybridized carbons (Fsp3) is 0.476. The van der Waals surface area contributed by atoms with E-state index in [1.54, 1.807) is 17.0 Å². The van der Waals surface area contributed by atoms with Crippen LogP contribution in [-0.2, 0) is 14.3 Å². The van der Waals surface area contributed by atoms with Crippen LogP contribution >= 0.6 is 11.8 Å². The summed E-state index contributed by atoms with van der Waals surface area (Å²) in [5.74, 6) is -0.788. The molecule has 3 heterocycles. The van der Waals surface area contributed by atoms with Crippen LogP contribution in [0.3, 0.4) is 0 Å². The van der Waals surface area contributed by atoms with Gasteiger partial charge >= 0.3 is 0 Å². The van der Waals surface area contributed by atoms with E-state index >= 15 is 0 Å². The fourth-order valence-electron chi connectivity index (χ4n) is 4.01. The summed E-state index contributed by atoms with van der Waals surface area (Å²) in [7, 11) is 0. The van der Waals surface area contributed by atoms with Crippen LogP contribution in [0.4, 0.5) is 16.2 Å². The molecule has 0 bridgehead atoms. The second-order valence-electron chi connectivity index (χ2n) is 7.81. The average molecular weight is 461 g/mol. The van der Waals surface area contributed by atoms with Crippen molar-refractivity contribution < 1.29 is 24.0 Å². The Morgan fingerprint density at radius 1 is 1.12 bits per heavy atom. The molecule has 0 aliphatic carbocycles. The van der Waals surface area contributed by atoms with Gasteiger partial charge in [0.2, 0.25) is 5.91 Å². The molecule has 0 atom stereocenters. The Kier molecular flexibility index (Phi) is 6.75. The number of nitrogens with zero attached hydrogens (tertiary/aromatic N) is 4. The van der Waals surface area contributed by atoms with Gasteiger partial charge in [-0.3, -0.25) is 29.4 Å². The molecular formula is C21H24N4O6S. The normalized spacial score (nSPS) is 20.9. The lowest BCUT2D eigenvalue weighted by molar-refractivity contribution is -0.384. The Hall–Kier alpha value is -2.92. The van der Waals surface area contributed by atoms with Crippen molar-refractivity contribution in [3.05, 3.63) is 38.8 Å². The summed E-state index contributed by atoms with van der Waals surface area (Å²) in [6.45, 7) is 3.13. The van der Waals surface area contributed by atoms with Gasteiger partial charge in [0.05, 0.1) is 23.0 Å². The third kappa shape index (κ3) is 4.78. The van der Waals surface area contributed by atoms with Crippen LogP contribution in [-0.4, -0.2) is 77.7 Å². The third-order valence-corrected chi connectivity index (χ3v) is 6.63. The highest BCUT2D eigenvalue weighted by Gasteiger charge is 2.37. The first kappa shape index (κ1) is 22.3. The summed E-state index contributed by atoms with van der Waals surface area (Å²) in [6, 6.07) is 4.74. The maximum absolute atomic E-state index is 12.8. The van der Waals surface area contributed by atoms with Crippen molar-refractivity contribution >= 4 is 46.3 Å². The first-order chi connectivity index (χ1) is 15.4. The zero-order valence-corrected chi connectivity index (χ0v) is 18.3. The summed E-state index contributed by atoms with van der Waals surface area (Å²) in [6.07, 6.45) is 4.39. The molecule has 0 saturated carbocycles. The largest absolute Gasteiger partial charge is 0.378 e. The van der Waals surface area contributed by atoms with Crippen LogP contribution < -0.4 is 4.90 Å². The Balaban J connectivity index is 1.51. The van der Waals surface area contributed by atoms with Crippen molar-refractivity contribution in [1.82, 2.24) is 9.80 Å². The molecule has 3 saturated heterocycles. The van der Waals surface area contributed by atoms with Crippen molar-refractivity contribution in [3.8, 4) is 0 Å². The van der Waals surface area contributed by atoms with Crippen molar-refractivity contribution in [2.75, 3.05) is 50.8 Å². The van der Waals surface area contributed by atoms with Crippen LogP contribution in [0, 0.1) is 10.1 Å². The molecule has 4 rings (SSSR count). The van der Waals surface area contributed by atoms with Gasteiger partial charge in [-0.25, -0.2) is 0 Å². The zero-order chi connectivity index (χ0) is 22.7. The van der Waals surface area contributed by atoms with Crippen LogP contribution in [0.1, 0.15) is 24.8 Å². The number of nitro benzene ring substituents is 1. The van der Waals surface area contributed by atoms with Gasteiger partial charge in [0, 0.05) is 32.2 Å². The second-order valence-corrected chi connectivity index (χ2v) is 8.81. The van der Waals surface area contributed by atoms with E-state index in [1.165, 1.54) is 12.1 Å². The molecule has 170 valence electrons. The quantitative estimate of drug-likeness (QED) is 0.374. The predicted octanol–water partition coefficient (Wildman–Crippen LogP) is 2.48. The number of carbonyl (C=O) groups is 3. The third-order valence-electron chi connectivity index (χ3n) is 5.72. The van der Waals surface area contributed by atoms with Gasteiger partial charge in [-0.05, 0) is 48.7 Å². The minimum absolute atomic E-state index is 0.0693. The summed E-state index contributed by atoms with van der Waals surface area (Å²) in [5.41, 5.74) is 0.873. The molecule has 0 radical (unpaired) electrons. The average Bonchev–Trinajstić information content (AvgIpc) is 3.07. The number of hydrogen-bond donors (Lipinski definition) is 0. The fourth-order valence-corrected chi connectivity index (χ4v) is 4.85. The number of morpholine rings is 1. The maximum Gasteiger partial charge on any atom is 0.294 e. The first-order valence-electron chi connectivity index (χ1n) is 10.6. The molecule has 0 aromatic heterocycles. The molecule has 3 amide bonds. The minimum atomic E-state index is -0.551. The number of anilines is 1. The SMILES string of the molecule is O=C(CN1C(=O)S/C(=C\c2ccc(N3CCOCC3)c([N+](=O)[O-])c2)C1=O)N1CCCCC1. The standard InChI is InChI=1S/C21H24N4O6S/c26-19(23-6-2-1-3-7-23)14-24-20(27)18(32-21(24)28)13-15-4-5-16(17(12-15)25(29)30)22-8-10-31-11-9-22/h4-5,12-13H,1-3,6-11,14H2/b18-13-. The molecule has 3 aliphatic rings. The number of carbonyl (C=O) groups excluding carboxylic acids is 3. The molecule has 0 N–H and O–H groups in total. The van der Waals surface area contributed by atoms with Gasteiger partial charge in [-0.15, -0.1) is 0 Å².